The van der Waals surface area contributed by atoms with Crippen molar-refractivity contribution in [2.75, 3.05) is 11.6 Å². The molecule has 4 heteroatoms. The van der Waals surface area contributed by atoms with Crippen LogP contribution in [0.4, 0.5) is 8.78 Å². The summed E-state index contributed by atoms with van der Waals surface area (Å²) in [6.45, 7) is 1.83. The number of thioether (sulfide) groups is 1. The van der Waals surface area contributed by atoms with E-state index in [1.165, 1.54) is 11.8 Å². The van der Waals surface area contributed by atoms with E-state index >= 15 is 0 Å². The molecule has 0 radical (unpaired) electrons. The van der Waals surface area contributed by atoms with Crippen LogP contribution in [0.3, 0.4) is 0 Å². The van der Waals surface area contributed by atoms with Crippen molar-refractivity contribution in [2.24, 2.45) is 0 Å². The molecule has 0 fully saturated rings. The maximum Gasteiger partial charge on any atom is 0.247 e. The minimum absolute atomic E-state index is 0.103. The Kier molecular flexibility index (Phi) is 5.59. The Balaban J connectivity index is 3.06. The first kappa shape index (κ1) is 9.50. The van der Waals surface area contributed by atoms with Gasteiger partial charge in [-0.1, -0.05) is 6.92 Å². The van der Waals surface area contributed by atoms with Crippen molar-refractivity contribution < 1.29 is 8.78 Å². The molecular formula is C5H9ClF2S. The van der Waals surface area contributed by atoms with Crippen LogP contribution in [0.1, 0.15) is 6.92 Å². The van der Waals surface area contributed by atoms with E-state index in [9.17, 15) is 8.78 Å². The highest BCUT2D eigenvalue weighted by Crippen LogP contribution is 2.14. The topological polar surface area (TPSA) is 0 Å². The summed E-state index contributed by atoms with van der Waals surface area (Å²) in [7, 11) is 0. The van der Waals surface area contributed by atoms with Crippen molar-refractivity contribution in [2.45, 2.75) is 18.6 Å². The van der Waals surface area contributed by atoms with Gasteiger partial charge in [0.05, 0.1) is 5.75 Å². The molecule has 0 heterocycles. The van der Waals surface area contributed by atoms with Crippen LogP contribution in [0.15, 0.2) is 0 Å². The predicted octanol–water partition coefficient (Wildman–Crippen LogP) is 2.61. The van der Waals surface area contributed by atoms with E-state index in [-0.39, 0.29) is 11.0 Å². The molecule has 0 aliphatic carbocycles. The quantitative estimate of drug-likeness (QED) is 0.591. The Morgan fingerprint density at radius 3 is 2.44 bits per heavy atom. The molecule has 0 nitrogen and oxygen atoms in total. The largest absolute Gasteiger partial charge is 0.247 e. The summed E-state index contributed by atoms with van der Waals surface area (Å²) in [6.07, 6.45) is -2.21. The maximum absolute atomic E-state index is 11.5. The van der Waals surface area contributed by atoms with Crippen LogP contribution in [0.2, 0.25) is 0 Å². The lowest BCUT2D eigenvalue weighted by Gasteiger charge is -2.04. The van der Waals surface area contributed by atoms with Crippen LogP contribution in [0, 0.1) is 0 Å². The molecule has 0 aromatic heterocycles. The van der Waals surface area contributed by atoms with E-state index in [1.54, 1.807) is 0 Å². The molecule has 0 aromatic carbocycles. The standard InChI is InChI=1S/C5H9ClF2S/c1-4(2-6)9-3-5(7)8/h4-5H,2-3H2,1H3. The number of hydrogen-bond acceptors (Lipinski definition) is 1. The molecule has 0 spiro atoms. The molecule has 0 aliphatic rings. The Labute approximate surface area is 63.0 Å². The lowest BCUT2D eigenvalue weighted by Crippen LogP contribution is -2.03. The fourth-order valence-electron chi connectivity index (χ4n) is 0.282. The lowest BCUT2D eigenvalue weighted by atomic mass is 10.6. The molecule has 9 heavy (non-hydrogen) atoms. The predicted molar refractivity (Wildman–Crippen MR) is 38.6 cm³/mol. The highest BCUT2D eigenvalue weighted by atomic mass is 35.5. The fourth-order valence-corrected chi connectivity index (χ4v) is 1.11. The number of halogens is 3. The minimum Gasteiger partial charge on any atom is -0.210 e. The van der Waals surface area contributed by atoms with E-state index < -0.39 is 6.43 Å². The second-order valence-electron chi connectivity index (χ2n) is 1.69. The second-order valence-corrected chi connectivity index (χ2v) is 3.47. The van der Waals surface area contributed by atoms with Gasteiger partial charge in [-0.15, -0.1) is 11.6 Å². The van der Waals surface area contributed by atoms with Gasteiger partial charge in [0.2, 0.25) is 6.43 Å². The van der Waals surface area contributed by atoms with Gasteiger partial charge in [0.25, 0.3) is 0 Å². The monoisotopic (exact) mass is 174 g/mol. The summed E-state index contributed by atoms with van der Waals surface area (Å²) >= 11 is 6.57. The summed E-state index contributed by atoms with van der Waals surface area (Å²) in [5, 5.41) is 0.140. The Morgan fingerprint density at radius 2 is 2.11 bits per heavy atom. The van der Waals surface area contributed by atoms with E-state index in [1.807, 2.05) is 6.92 Å². The average Bonchev–Trinajstić information content (AvgIpc) is 1.83. The third-order valence-corrected chi connectivity index (χ3v) is 2.55. The van der Waals surface area contributed by atoms with Gasteiger partial charge < -0.3 is 0 Å². The van der Waals surface area contributed by atoms with Crippen LogP contribution in [-0.4, -0.2) is 23.3 Å². The Morgan fingerprint density at radius 1 is 1.56 bits per heavy atom. The van der Waals surface area contributed by atoms with Crippen molar-refractivity contribution in [3.63, 3.8) is 0 Å². The molecule has 0 saturated heterocycles. The average molecular weight is 175 g/mol. The van der Waals surface area contributed by atoms with Gasteiger partial charge in [-0.2, -0.15) is 11.8 Å². The van der Waals surface area contributed by atoms with Crippen molar-refractivity contribution in [3.05, 3.63) is 0 Å². The lowest BCUT2D eigenvalue weighted by molar-refractivity contribution is 0.176. The van der Waals surface area contributed by atoms with Gasteiger partial charge >= 0.3 is 0 Å². The van der Waals surface area contributed by atoms with Crippen LogP contribution in [0.25, 0.3) is 0 Å². The van der Waals surface area contributed by atoms with Gasteiger partial charge in [0.15, 0.2) is 0 Å². The molecule has 0 aromatic rings. The van der Waals surface area contributed by atoms with Crippen LogP contribution >= 0.6 is 23.4 Å². The minimum atomic E-state index is -2.21. The van der Waals surface area contributed by atoms with E-state index in [4.69, 9.17) is 11.6 Å². The van der Waals surface area contributed by atoms with Gasteiger partial charge in [-0.3, -0.25) is 0 Å². The van der Waals surface area contributed by atoms with Crippen LogP contribution < -0.4 is 0 Å². The molecule has 0 rings (SSSR count). The molecular weight excluding hydrogens is 166 g/mol. The first-order valence-electron chi connectivity index (χ1n) is 2.62. The third-order valence-electron chi connectivity index (χ3n) is 0.724. The molecule has 0 aliphatic heterocycles. The summed E-state index contributed by atoms with van der Waals surface area (Å²) in [5.74, 6) is 0.339. The third kappa shape index (κ3) is 6.38. The SMILES string of the molecule is CC(CCl)SCC(F)F. The number of alkyl halides is 3. The summed E-state index contributed by atoms with van der Waals surface area (Å²) in [4.78, 5) is 0. The van der Waals surface area contributed by atoms with Crippen molar-refractivity contribution in [1.29, 1.82) is 0 Å². The molecule has 0 bridgehead atoms. The van der Waals surface area contributed by atoms with E-state index in [2.05, 4.69) is 0 Å². The van der Waals surface area contributed by atoms with Crippen molar-refractivity contribution >= 4 is 23.4 Å². The first-order valence-corrected chi connectivity index (χ1v) is 4.21. The number of rotatable bonds is 4. The Bertz CT molecular complexity index is 70.0. The molecule has 0 saturated carbocycles. The zero-order valence-electron chi connectivity index (χ0n) is 5.11. The zero-order valence-corrected chi connectivity index (χ0v) is 6.68. The molecule has 0 amide bonds. The van der Waals surface area contributed by atoms with Crippen LogP contribution in [0.5, 0.6) is 0 Å². The normalized spacial score (nSPS) is 14.3. The molecule has 0 N–H and O–H groups in total. The van der Waals surface area contributed by atoms with Gasteiger partial charge in [0, 0.05) is 11.1 Å². The van der Waals surface area contributed by atoms with Crippen molar-refractivity contribution in [3.8, 4) is 0 Å². The van der Waals surface area contributed by atoms with Crippen LogP contribution in [-0.2, 0) is 0 Å². The fraction of sp³-hybridized carbons (Fsp3) is 1.00. The highest BCUT2D eigenvalue weighted by molar-refractivity contribution is 8.00. The number of hydrogen-bond donors (Lipinski definition) is 0. The Hall–Kier alpha value is 0.500. The van der Waals surface area contributed by atoms with Gasteiger partial charge in [-0.05, 0) is 0 Å². The van der Waals surface area contributed by atoms with Gasteiger partial charge in [0.1, 0.15) is 0 Å². The highest BCUT2D eigenvalue weighted by Gasteiger charge is 2.05. The second kappa shape index (κ2) is 5.30. The zero-order chi connectivity index (χ0) is 7.28. The van der Waals surface area contributed by atoms with Gasteiger partial charge in [-0.25, -0.2) is 8.78 Å². The summed E-state index contributed by atoms with van der Waals surface area (Å²) < 4.78 is 22.9. The van der Waals surface area contributed by atoms with Crippen molar-refractivity contribution in [1.82, 2.24) is 0 Å². The maximum atomic E-state index is 11.5. The van der Waals surface area contributed by atoms with E-state index in [0.717, 1.165) is 0 Å². The molecule has 1 unspecified atom stereocenters. The first-order chi connectivity index (χ1) is 4.16. The summed E-state index contributed by atoms with van der Waals surface area (Å²) in [5.41, 5.74) is 0. The molecule has 56 valence electrons. The summed E-state index contributed by atoms with van der Waals surface area (Å²) in [6, 6.07) is 0. The smallest absolute Gasteiger partial charge is 0.210 e. The van der Waals surface area contributed by atoms with E-state index in [0.29, 0.717) is 5.88 Å². The molecule has 1 atom stereocenters.